The van der Waals surface area contributed by atoms with E-state index in [1.54, 1.807) is 11.3 Å². The average molecular weight is 651 g/mol. The number of nitrogens with zero attached hydrogens (tertiary/aromatic N) is 2. The normalized spacial score (nSPS) is 11.4. The summed E-state index contributed by atoms with van der Waals surface area (Å²) in [5.74, 6) is 0.823. The molecule has 4 nitrogen and oxygen atoms in total. The zero-order valence-electron chi connectivity index (χ0n) is 22.8. The predicted molar refractivity (Wildman–Crippen MR) is 180 cm³/mol. The summed E-state index contributed by atoms with van der Waals surface area (Å²) in [6.07, 6.45) is 1.05. The van der Waals surface area contributed by atoms with Crippen LogP contribution in [0, 0.1) is 0 Å². The minimum Gasteiger partial charge on any atom is -0.491 e. The molecule has 2 heterocycles. The summed E-state index contributed by atoms with van der Waals surface area (Å²) < 4.78 is 8.23. The highest BCUT2D eigenvalue weighted by atomic mass is 79.9. The summed E-state index contributed by atoms with van der Waals surface area (Å²) >= 11 is 12.8. The van der Waals surface area contributed by atoms with E-state index in [1.807, 2.05) is 54.3 Å². The van der Waals surface area contributed by atoms with Crippen molar-refractivity contribution in [3.63, 3.8) is 0 Å². The third-order valence-electron chi connectivity index (χ3n) is 6.55. The number of hydrogen-bond donors (Lipinski definition) is 1. The Hall–Kier alpha value is -2.75. The lowest BCUT2D eigenvalue weighted by atomic mass is 10.0. The van der Waals surface area contributed by atoms with Crippen molar-refractivity contribution < 1.29 is 4.74 Å². The SMILES string of the molecule is CC(C)Oc1ccc(N(C(N)=S)c2ccc3sc(-c4ccccc4)c(CCN(C)Cc4cc(Br)cs4)c3c2)cc1. The molecule has 5 aromatic rings. The van der Waals surface area contributed by atoms with Gasteiger partial charge in [-0.3, -0.25) is 4.90 Å². The number of thiophene rings is 2. The number of anilines is 2. The van der Waals surface area contributed by atoms with Crippen LogP contribution in [-0.2, 0) is 13.0 Å². The number of rotatable bonds is 10. The molecule has 8 heteroatoms. The zero-order chi connectivity index (χ0) is 28.2. The van der Waals surface area contributed by atoms with Crippen molar-refractivity contribution in [2.75, 3.05) is 18.5 Å². The van der Waals surface area contributed by atoms with Crippen LogP contribution in [0.1, 0.15) is 24.3 Å². The van der Waals surface area contributed by atoms with Gasteiger partial charge in [0, 0.05) is 48.8 Å². The molecule has 0 fully saturated rings. The number of thiocarbonyl (C=S) groups is 1. The first-order valence-electron chi connectivity index (χ1n) is 13.2. The number of likely N-dealkylation sites (N-methyl/N-ethyl adjacent to an activating group) is 1. The molecule has 0 atom stereocenters. The van der Waals surface area contributed by atoms with Gasteiger partial charge in [0.25, 0.3) is 0 Å². The third kappa shape index (κ3) is 6.75. The summed E-state index contributed by atoms with van der Waals surface area (Å²) in [5, 5.41) is 3.69. The van der Waals surface area contributed by atoms with E-state index in [2.05, 4.69) is 87.9 Å². The zero-order valence-corrected chi connectivity index (χ0v) is 26.8. The lowest BCUT2D eigenvalue weighted by Gasteiger charge is -2.24. The van der Waals surface area contributed by atoms with E-state index >= 15 is 0 Å². The molecule has 0 aliphatic rings. The second-order valence-corrected chi connectivity index (χ2v) is 13.4. The number of nitrogens with two attached hydrogens (primary N) is 1. The molecule has 0 bridgehead atoms. The Morgan fingerprint density at radius 1 is 1.00 bits per heavy atom. The van der Waals surface area contributed by atoms with E-state index in [0.717, 1.165) is 41.1 Å². The van der Waals surface area contributed by atoms with E-state index in [1.165, 1.54) is 31.0 Å². The molecular weight excluding hydrogens is 618 g/mol. The van der Waals surface area contributed by atoms with Crippen molar-refractivity contribution in [1.82, 2.24) is 4.90 Å². The maximum Gasteiger partial charge on any atom is 0.175 e. The summed E-state index contributed by atoms with van der Waals surface area (Å²) in [6.45, 7) is 5.91. The molecule has 0 aliphatic carbocycles. The van der Waals surface area contributed by atoms with Crippen LogP contribution >= 0.6 is 50.8 Å². The fourth-order valence-electron chi connectivity index (χ4n) is 4.78. The molecule has 2 aromatic heterocycles. The van der Waals surface area contributed by atoms with Gasteiger partial charge in [0.1, 0.15) is 5.75 Å². The fourth-order valence-corrected chi connectivity index (χ4v) is 7.76. The van der Waals surface area contributed by atoms with Crippen LogP contribution in [0.15, 0.2) is 88.7 Å². The Morgan fingerprint density at radius 2 is 1.73 bits per heavy atom. The molecule has 2 N–H and O–H groups in total. The van der Waals surface area contributed by atoms with Crippen LogP contribution in [0.2, 0.25) is 0 Å². The Labute approximate surface area is 258 Å². The van der Waals surface area contributed by atoms with Crippen LogP contribution < -0.4 is 15.4 Å². The van der Waals surface area contributed by atoms with Gasteiger partial charge in [-0.1, -0.05) is 30.3 Å². The Balaban J connectivity index is 1.50. The van der Waals surface area contributed by atoms with Crippen LogP contribution in [0.25, 0.3) is 20.5 Å². The molecule has 40 heavy (non-hydrogen) atoms. The van der Waals surface area contributed by atoms with Gasteiger partial charge in [-0.25, -0.2) is 0 Å². The number of ether oxygens (including phenoxy) is 1. The molecular formula is C32H32BrN3OS3. The van der Waals surface area contributed by atoms with E-state index in [-0.39, 0.29) is 6.10 Å². The Bertz CT molecular complexity index is 1600. The molecule has 0 saturated heterocycles. The Morgan fingerprint density at radius 3 is 2.38 bits per heavy atom. The summed E-state index contributed by atoms with van der Waals surface area (Å²) in [6, 6.07) is 27.4. The van der Waals surface area contributed by atoms with E-state index in [0.29, 0.717) is 5.11 Å². The number of fused-ring (bicyclic) bond motifs is 1. The van der Waals surface area contributed by atoms with Crippen LogP contribution in [0.4, 0.5) is 11.4 Å². The molecule has 0 spiro atoms. The highest BCUT2D eigenvalue weighted by molar-refractivity contribution is 9.10. The lowest BCUT2D eigenvalue weighted by molar-refractivity contribution is 0.242. The van der Waals surface area contributed by atoms with Gasteiger partial charge >= 0.3 is 0 Å². The molecule has 0 unspecified atom stereocenters. The first kappa shape index (κ1) is 28.8. The highest BCUT2D eigenvalue weighted by Gasteiger charge is 2.19. The molecule has 0 amide bonds. The Kier molecular flexibility index (Phi) is 9.23. The topological polar surface area (TPSA) is 41.7 Å². The fraction of sp³-hybridized carbons (Fsp3) is 0.219. The first-order valence-corrected chi connectivity index (χ1v) is 16.1. The molecule has 3 aromatic carbocycles. The second-order valence-electron chi connectivity index (χ2n) is 10.0. The van der Waals surface area contributed by atoms with Crippen molar-refractivity contribution >= 4 is 77.4 Å². The maximum absolute atomic E-state index is 6.29. The second kappa shape index (κ2) is 12.8. The smallest absolute Gasteiger partial charge is 0.175 e. The first-order chi connectivity index (χ1) is 19.3. The number of benzene rings is 3. The van der Waals surface area contributed by atoms with Gasteiger partial charge in [0.05, 0.1) is 6.10 Å². The van der Waals surface area contributed by atoms with Crippen molar-refractivity contribution in [2.24, 2.45) is 5.73 Å². The van der Waals surface area contributed by atoms with E-state index in [9.17, 15) is 0 Å². The summed E-state index contributed by atoms with van der Waals surface area (Å²) in [5.41, 5.74) is 10.8. The largest absolute Gasteiger partial charge is 0.491 e. The molecule has 0 aliphatic heterocycles. The minimum absolute atomic E-state index is 0.113. The van der Waals surface area contributed by atoms with Gasteiger partial charge in [0.15, 0.2) is 5.11 Å². The lowest BCUT2D eigenvalue weighted by Crippen LogP contribution is -2.31. The summed E-state index contributed by atoms with van der Waals surface area (Å²) in [4.78, 5) is 6.99. The van der Waals surface area contributed by atoms with E-state index in [4.69, 9.17) is 22.7 Å². The van der Waals surface area contributed by atoms with Crippen LogP contribution in [0.5, 0.6) is 5.75 Å². The maximum atomic E-state index is 6.29. The molecule has 206 valence electrons. The number of halogens is 1. The van der Waals surface area contributed by atoms with Gasteiger partial charge in [0.2, 0.25) is 0 Å². The highest BCUT2D eigenvalue weighted by Crippen LogP contribution is 2.41. The van der Waals surface area contributed by atoms with Crippen LogP contribution in [-0.4, -0.2) is 29.7 Å². The van der Waals surface area contributed by atoms with Crippen molar-refractivity contribution in [3.05, 3.63) is 99.2 Å². The predicted octanol–water partition coefficient (Wildman–Crippen LogP) is 9.24. The quantitative estimate of drug-likeness (QED) is 0.153. The molecule has 0 radical (unpaired) electrons. The monoisotopic (exact) mass is 649 g/mol. The standard InChI is InChI=1S/C32H32BrN3OS3/c1-21(2)37-26-12-9-24(10-13-26)36(32(34)38)25-11-14-30-29(18-25)28(31(40-30)22-7-5-4-6-8-22)15-16-35(3)19-27-17-23(33)20-39-27/h4-14,17-18,20-21H,15-16,19H2,1-3H3,(H2,34,38). The van der Waals surface area contributed by atoms with Crippen LogP contribution in [0.3, 0.4) is 0 Å². The average Bonchev–Trinajstić information content (AvgIpc) is 3.51. The van der Waals surface area contributed by atoms with Crippen molar-refractivity contribution in [2.45, 2.75) is 32.9 Å². The van der Waals surface area contributed by atoms with Crippen molar-refractivity contribution in [1.29, 1.82) is 0 Å². The van der Waals surface area contributed by atoms with Gasteiger partial charge in [-0.05, 0) is 121 Å². The number of hydrogen-bond acceptors (Lipinski definition) is 5. The molecule has 0 saturated carbocycles. The van der Waals surface area contributed by atoms with Crippen molar-refractivity contribution in [3.8, 4) is 16.2 Å². The minimum atomic E-state index is 0.113. The van der Waals surface area contributed by atoms with Gasteiger partial charge < -0.3 is 15.4 Å². The van der Waals surface area contributed by atoms with E-state index < -0.39 is 0 Å². The van der Waals surface area contributed by atoms with Gasteiger partial charge in [-0.15, -0.1) is 22.7 Å². The van der Waals surface area contributed by atoms with Gasteiger partial charge in [-0.2, -0.15) is 0 Å². The third-order valence-corrected chi connectivity index (χ3v) is 9.67. The molecule has 5 rings (SSSR count). The summed E-state index contributed by atoms with van der Waals surface area (Å²) in [7, 11) is 2.19.